The first-order valence-electron chi connectivity index (χ1n) is 7.32. The van der Waals surface area contributed by atoms with Crippen molar-refractivity contribution in [2.75, 3.05) is 39.5 Å². The van der Waals surface area contributed by atoms with Gasteiger partial charge in [0.05, 0.1) is 24.6 Å². The van der Waals surface area contributed by atoms with Gasteiger partial charge in [0.2, 0.25) is 0 Å². The molecular formula is C15H27N3O2. The van der Waals surface area contributed by atoms with Gasteiger partial charge >= 0.3 is 0 Å². The number of pyridine rings is 1. The van der Waals surface area contributed by atoms with Crippen LogP contribution in [0, 0.1) is 0 Å². The van der Waals surface area contributed by atoms with Crippen molar-refractivity contribution in [3.8, 4) is 0 Å². The van der Waals surface area contributed by atoms with Crippen molar-refractivity contribution in [3.63, 3.8) is 0 Å². The second-order valence-electron chi connectivity index (χ2n) is 4.49. The Hall–Kier alpha value is -1.01. The van der Waals surface area contributed by atoms with Crippen LogP contribution in [0.5, 0.6) is 0 Å². The van der Waals surface area contributed by atoms with E-state index < -0.39 is 0 Å². The van der Waals surface area contributed by atoms with E-state index in [1.165, 1.54) is 0 Å². The van der Waals surface area contributed by atoms with E-state index in [-0.39, 0.29) is 0 Å². The van der Waals surface area contributed by atoms with Crippen LogP contribution in [0.1, 0.15) is 25.2 Å². The first-order valence-corrected chi connectivity index (χ1v) is 7.32. The van der Waals surface area contributed by atoms with Crippen LogP contribution >= 0.6 is 0 Å². The van der Waals surface area contributed by atoms with E-state index in [1.807, 2.05) is 32.0 Å². The Balaban J connectivity index is 2.51. The Labute approximate surface area is 122 Å². The van der Waals surface area contributed by atoms with Crippen LogP contribution in [0.3, 0.4) is 0 Å². The zero-order valence-corrected chi connectivity index (χ0v) is 12.7. The molecule has 0 amide bonds. The van der Waals surface area contributed by atoms with Crippen LogP contribution in [0.4, 0.5) is 0 Å². The van der Waals surface area contributed by atoms with Crippen LogP contribution in [0.2, 0.25) is 0 Å². The van der Waals surface area contributed by atoms with Crippen LogP contribution < -0.4 is 5.73 Å². The molecule has 1 aromatic rings. The van der Waals surface area contributed by atoms with Crippen LogP contribution in [-0.2, 0) is 22.6 Å². The van der Waals surface area contributed by atoms with Gasteiger partial charge in [0, 0.05) is 39.4 Å². The third kappa shape index (κ3) is 6.96. The molecule has 0 spiro atoms. The molecule has 1 heterocycles. The molecule has 1 rings (SSSR count). The Morgan fingerprint density at radius 1 is 1.05 bits per heavy atom. The first kappa shape index (κ1) is 17.0. The van der Waals surface area contributed by atoms with Gasteiger partial charge in [-0.25, -0.2) is 0 Å². The molecule has 114 valence electrons. The highest BCUT2D eigenvalue weighted by Gasteiger charge is 2.07. The second-order valence-corrected chi connectivity index (χ2v) is 4.49. The highest BCUT2D eigenvalue weighted by atomic mass is 16.5. The average molecular weight is 281 g/mol. The molecule has 0 aliphatic heterocycles. The summed E-state index contributed by atoms with van der Waals surface area (Å²) in [5.41, 5.74) is 7.60. The summed E-state index contributed by atoms with van der Waals surface area (Å²) >= 11 is 0. The van der Waals surface area contributed by atoms with E-state index in [9.17, 15) is 0 Å². The van der Waals surface area contributed by atoms with Crippen LogP contribution in [0.25, 0.3) is 0 Å². The third-order valence-corrected chi connectivity index (χ3v) is 2.97. The summed E-state index contributed by atoms with van der Waals surface area (Å²) in [6.45, 7) is 10.0. The monoisotopic (exact) mass is 281 g/mol. The molecule has 0 atom stereocenters. The lowest BCUT2D eigenvalue weighted by Crippen LogP contribution is -2.31. The summed E-state index contributed by atoms with van der Waals surface area (Å²) in [5.74, 6) is 0. The average Bonchev–Trinajstić information content (AvgIpc) is 2.47. The van der Waals surface area contributed by atoms with E-state index in [4.69, 9.17) is 15.2 Å². The van der Waals surface area contributed by atoms with E-state index in [2.05, 4.69) is 9.88 Å². The van der Waals surface area contributed by atoms with Crippen molar-refractivity contribution in [2.24, 2.45) is 5.73 Å². The minimum Gasteiger partial charge on any atom is -0.380 e. The fraction of sp³-hybridized carbons (Fsp3) is 0.667. The summed E-state index contributed by atoms with van der Waals surface area (Å²) in [6, 6.07) is 6.00. The molecule has 0 bridgehead atoms. The maximum Gasteiger partial charge on any atom is 0.0593 e. The maximum atomic E-state index is 5.63. The predicted octanol–water partition coefficient (Wildman–Crippen LogP) is 1.42. The molecule has 5 nitrogen and oxygen atoms in total. The van der Waals surface area contributed by atoms with Gasteiger partial charge in [-0.3, -0.25) is 9.88 Å². The molecule has 0 aromatic carbocycles. The van der Waals surface area contributed by atoms with E-state index in [0.717, 1.165) is 57.4 Å². The van der Waals surface area contributed by atoms with Crippen LogP contribution in [-0.4, -0.2) is 49.4 Å². The van der Waals surface area contributed by atoms with Crippen molar-refractivity contribution < 1.29 is 9.47 Å². The largest absolute Gasteiger partial charge is 0.380 e. The summed E-state index contributed by atoms with van der Waals surface area (Å²) in [4.78, 5) is 6.84. The van der Waals surface area contributed by atoms with Gasteiger partial charge in [-0.1, -0.05) is 6.07 Å². The Morgan fingerprint density at radius 2 is 1.65 bits per heavy atom. The quantitative estimate of drug-likeness (QED) is 0.622. The highest BCUT2D eigenvalue weighted by molar-refractivity contribution is 5.11. The molecule has 0 fully saturated rings. The van der Waals surface area contributed by atoms with Crippen LogP contribution in [0.15, 0.2) is 18.2 Å². The van der Waals surface area contributed by atoms with Crippen molar-refractivity contribution in [3.05, 3.63) is 29.6 Å². The molecule has 0 saturated heterocycles. The van der Waals surface area contributed by atoms with Gasteiger partial charge < -0.3 is 15.2 Å². The number of nitrogens with two attached hydrogens (primary N) is 1. The minimum absolute atomic E-state index is 0.478. The normalized spacial score (nSPS) is 11.2. The molecule has 1 aromatic heterocycles. The van der Waals surface area contributed by atoms with Gasteiger partial charge in [0.25, 0.3) is 0 Å². The van der Waals surface area contributed by atoms with Crippen molar-refractivity contribution in [1.29, 1.82) is 0 Å². The Morgan fingerprint density at radius 3 is 2.20 bits per heavy atom. The fourth-order valence-corrected chi connectivity index (χ4v) is 1.91. The number of rotatable bonds is 11. The Kier molecular flexibility index (Phi) is 9.15. The molecule has 5 heteroatoms. The number of hydrogen-bond acceptors (Lipinski definition) is 5. The second kappa shape index (κ2) is 10.7. The lowest BCUT2D eigenvalue weighted by molar-refractivity contribution is 0.0792. The topological polar surface area (TPSA) is 60.6 Å². The van der Waals surface area contributed by atoms with Gasteiger partial charge in [-0.05, 0) is 26.0 Å². The van der Waals surface area contributed by atoms with Gasteiger partial charge in [-0.15, -0.1) is 0 Å². The Bertz CT molecular complexity index is 351. The molecule has 0 saturated carbocycles. The van der Waals surface area contributed by atoms with Crippen molar-refractivity contribution in [1.82, 2.24) is 9.88 Å². The molecule has 20 heavy (non-hydrogen) atoms. The third-order valence-electron chi connectivity index (χ3n) is 2.97. The summed E-state index contributed by atoms with van der Waals surface area (Å²) < 4.78 is 10.9. The predicted molar refractivity (Wildman–Crippen MR) is 80.4 cm³/mol. The van der Waals surface area contributed by atoms with E-state index >= 15 is 0 Å². The van der Waals surface area contributed by atoms with Gasteiger partial charge in [0.1, 0.15) is 0 Å². The molecule has 0 radical (unpaired) electrons. The van der Waals surface area contributed by atoms with Crippen molar-refractivity contribution in [2.45, 2.75) is 26.9 Å². The molecular weight excluding hydrogens is 254 g/mol. The molecule has 2 N–H and O–H groups in total. The number of aromatic nitrogens is 1. The summed E-state index contributed by atoms with van der Waals surface area (Å²) in [7, 11) is 0. The standard InChI is InChI=1S/C15H27N3O2/c1-3-19-10-8-18(9-11-20-4-2)13-15-7-5-6-14(12-16)17-15/h5-7H,3-4,8-13,16H2,1-2H3. The molecule has 0 aliphatic rings. The minimum atomic E-state index is 0.478. The lowest BCUT2D eigenvalue weighted by atomic mass is 10.3. The van der Waals surface area contributed by atoms with Crippen molar-refractivity contribution >= 4 is 0 Å². The zero-order valence-electron chi connectivity index (χ0n) is 12.7. The van der Waals surface area contributed by atoms with E-state index in [1.54, 1.807) is 0 Å². The highest BCUT2D eigenvalue weighted by Crippen LogP contribution is 2.04. The summed E-state index contributed by atoms with van der Waals surface area (Å²) in [6.07, 6.45) is 0. The summed E-state index contributed by atoms with van der Waals surface area (Å²) in [5, 5.41) is 0. The van der Waals surface area contributed by atoms with E-state index in [0.29, 0.717) is 6.54 Å². The SMILES string of the molecule is CCOCCN(CCOCC)Cc1cccc(CN)n1. The molecule has 0 unspecified atom stereocenters. The fourth-order valence-electron chi connectivity index (χ4n) is 1.91. The number of ether oxygens (including phenoxy) is 2. The van der Waals surface area contributed by atoms with Gasteiger partial charge in [0.15, 0.2) is 0 Å². The number of nitrogens with zero attached hydrogens (tertiary/aromatic N) is 2. The zero-order chi connectivity index (χ0) is 14.6. The van der Waals surface area contributed by atoms with Gasteiger partial charge in [-0.2, -0.15) is 0 Å². The first-order chi connectivity index (χ1) is 9.80. The maximum absolute atomic E-state index is 5.63. The lowest BCUT2D eigenvalue weighted by Gasteiger charge is -2.21. The smallest absolute Gasteiger partial charge is 0.0593 e. The molecule has 0 aliphatic carbocycles. The number of hydrogen-bond donors (Lipinski definition) is 1.